The molecule has 5 nitrogen and oxygen atoms in total. The first-order chi connectivity index (χ1) is 20.1. The molecule has 1 aliphatic heterocycles. The fraction of sp³-hybridized carbons (Fsp3) is 0.457. The lowest BCUT2D eigenvalue weighted by Crippen LogP contribution is -2.35. The number of oxime groups is 1. The Morgan fingerprint density at radius 2 is 1.71 bits per heavy atom. The molecule has 1 N–H and O–H groups in total. The van der Waals surface area contributed by atoms with Gasteiger partial charge in [0.15, 0.2) is 0 Å². The molecule has 4 rings (SSSR count). The Morgan fingerprint density at radius 3 is 2.46 bits per heavy atom. The van der Waals surface area contributed by atoms with E-state index >= 15 is 0 Å². The van der Waals surface area contributed by atoms with Gasteiger partial charge in [-0.2, -0.15) is 0 Å². The van der Waals surface area contributed by atoms with Crippen molar-refractivity contribution in [2.24, 2.45) is 11.1 Å². The van der Waals surface area contributed by atoms with Crippen molar-refractivity contribution in [3.05, 3.63) is 100 Å². The minimum Gasteiger partial charge on any atom is -0.493 e. The lowest BCUT2D eigenvalue weighted by molar-refractivity contribution is 0.136. The molecule has 0 unspecified atom stereocenters. The second-order valence-electron chi connectivity index (χ2n) is 11.2. The zero-order chi connectivity index (χ0) is 28.9. The molecule has 1 fully saturated rings. The third-order valence-corrected chi connectivity index (χ3v) is 8.18. The molecule has 1 saturated heterocycles. The number of aliphatic hydroxyl groups is 1. The number of unbranched alkanes of at least 4 members (excludes halogenated alkanes) is 4. The highest BCUT2D eigenvalue weighted by atomic mass is 35.5. The van der Waals surface area contributed by atoms with Gasteiger partial charge in [-0.1, -0.05) is 104 Å². The third kappa shape index (κ3) is 9.88. The van der Waals surface area contributed by atoms with E-state index < -0.39 is 0 Å². The number of aliphatic hydroxyl groups excluding tert-OH is 1. The molecule has 3 aromatic carbocycles. The van der Waals surface area contributed by atoms with Crippen LogP contribution in [0.2, 0.25) is 5.02 Å². The largest absolute Gasteiger partial charge is 0.493 e. The van der Waals surface area contributed by atoms with Gasteiger partial charge in [-0.25, -0.2) is 0 Å². The van der Waals surface area contributed by atoms with Crippen molar-refractivity contribution in [3.63, 3.8) is 0 Å². The zero-order valence-corrected chi connectivity index (χ0v) is 25.4. The molecule has 3 aromatic rings. The van der Waals surface area contributed by atoms with Crippen molar-refractivity contribution in [1.82, 2.24) is 4.90 Å². The van der Waals surface area contributed by atoms with Crippen LogP contribution >= 0.6 is 11.6 Å². The fourth-order valence-electron chi connectivity index (χ4n) is 5.49. The van der Waals surface area contributed by atoms with Gasteiger partial charge < -0.3 is 14.7 Å². The number of likely N-dealkylation sites (tertiary alicyclic amines) is 1. The van der Waals surface area contributed by atoms with Gasteiger partial charge in [0.2, 0.25) is 0 Å². The summed E-state index contributed by atoms with van der Waals surface area (Å²) in [6.07, 6.45) is 8.83. The number of hydrogen-bond acceptors (Lipinski definition) is 5. The average Bonchev–Trinajstić information content (AvgIpc) is 3.00. The van der Waals surface area contributed by atoms with Gasteiger partial charge in [-0.05, 0) is 73.7 Å². The molecule has 0 radical (unpaired) electrons. The zero-order valence-electron chi connectivity index (χ0n) is 24.6. The number of ether oxygens (including phenoxy) is 1. The maximum Gasteiger partial charge on any atom is 0.119 e. The Labute approximate surface area is 251 Å². The van der Waals surface area contributed by atoms with E-state index in [1.54, 1.807) is 7.11 Å². The van der Waals surface area contributed by atoms with Crippen LogP contribution in [-0.2, 0) is 11.4 Å². The van der Waals surface area contributed by atoms with Crippen LogP contribution in [-0.4, -0.2) is 42.5 Å². The summed E-state index contributed by atoms with van der Waals surface area (Å²) in [5.41, 5.74) is 4.95. The monoisotopic (exact) mass is 576 g/mol. The van der Waals surface area contributed by atoms with Crippen LogP contribution in [0.3, 0.4) is 0 Å². The van der Waals surface area contributed by atoms with Crippen LogP contribution < -0.4 is 4.74 Å². The van der Waals surface area contributed by atoms with Crippen LogP contribution in [0.1, 0.15) is 86.6 Å². The average molecular weight is 577 g/mol. The molecule has 0 spiro atoms. The van der Waals surface area contributed by atoms with Crippen LogP contribution in [0.15, 0.2) is 78.0 Å². The van der Waals surface area contributed by atoms with Crippen molar-refractivity contribution >= 4 is 17.3 Å². The molecular formula is C35H45ClN2O3. The van der Waals surface area contributed by atoms with E-state index in [-0.39, 0.29) is 6.10 Å². The maximum absolute atomic E-state index is 10.7. The van der Waals surface area contributed by atoms with Gasteiger partial charge in [-0.3, -0.25) is 4.90 Å². The molecule has 220 valence electrons. The summed E-state index contributed by atoms with van der Waals surface area (Å²) in [5, 5.41) is 15.6. The van der Waals surface area contributed by atoms with Gasteiger partial charge in [-0.15, -0.1) is 0 Å². The van der Waals surface area contributed by atoms with Crippen molar-refractivity contribution in [3.8, 4) is 5.75 Å². The van der Waals surface area contributed by atoms with Crippen LogP contribution in [0, 0.1) is 5.92 Å². The standard InChI is InChI=1S/C35H45ClN2O3/c1-3-4-5-6-7-14-34(39)30-11-8-10-28(23-30)25-38-21-19-27(20-22-38)26-41-33-13-9-12-31(24-33)35(37-40-2)29-15-17-32(36)18-16-29/h8-13,15-18,23-24,27,34,39H,3-7,14,19-22,25-26H2,1-2H3/b37-35-/t34-/m0/s1. The lowest BCUT2D eigenvalue weighted by Gasteiger charge is -2.32. The summed E-state index contributed by atoms with van der Waals surface area (Å²) in [7, 11) is 1.55. The van der Waals surface area contributed by atoms with E-state index in [1.165, 1.54) is 31.2 Å². The van der Waals surface area contributed by atoms with Gasteiger partial charge in [0.05, 0.1) is 12.7 Å². The number of piperidine rings is 1. The smallest absolute Gasteiger partial charge is 0.119 e. The van der Waals surface area contributed by atoms with Crippen molar-refractivity contribution < 1.29 is 14.7 Å². The Bertz CT molecular complexity index is 1220. The predicted octanol–water partition coefficient (Wildman–Crippen LogP) is 8.42. The van der Waals surface area contributed by atoms with Crippen molar-refractivity contribution in [2.75, 3.05) is 26.8 Å². The van der Waals surface area contributed by atoms with Gasteiger partial charge in [0.1, 0.15) is 18.6 Å². The number of benzene rings is 3. The summed E-state index contributed by atoms with van der Waals surface area (Å²) in [6, 6.07) is 24.2. The van der Waals surface area contributed by atoms with Crippen molar-refractivity contribution in [2.45, 2.75) is 70.9 Å². The summed E-state index contributed by atoms with van der Waals surface area (Å²) in [4.78, 5) is 7.65. The first-order valence-corrected chi connectivity index (χ1v) is 15.5. The molecule has 0 aliphatic carbocycles. The minimum absolute atomic E-state index is 0.360. The van der Waals surface area contributed by atoms with E-state index in [0.29, 0.717) is 17.5 Å². The highest BCUT2D eigenvalue weighted by Crippen LogP contribution is 2.25. The Kier molecular flexibility index (Phi) is 12.5. The van der Waals surface area contributed by atoms with E-state index in [4.69, 9.17) is 21.2 Å². The fourth-order valence-corrected chi connectivity index (χ4v) is 5.62. The van der Waals surface area contributed by atoms with E-state index in [2.05, 4.69) is 41.2 Å². The molecule has 0 aromatic heterocycles. The lowest BCUT2D eigenvalue weighted by atomic mass is 9.96. The van der Waals surface area contributed by atoms with Gasteiger partial charge >= 0.3 is 0 Å². The van der Waals surface area contributed by atoms with Crippen LogP contribution in [0.25, 0.3) is 0 Å². The summed E-state index contributed by atoms with van der Waals surface area (Å²) < 4.78 is 6.26. The highest BCUT2D eigenvalue weighted by molar-refractivity contribution is 6.30. The summed E-state index contributed by atoms with van der Waals surface area (Å²) in [6.45, 7) is 5.98. The molecule has 0 bridgehead atoms. The quantitative estimate of drug-likeness (QED) is 0.112. The van der Waals surface area contributed by atoms with Crippen LogP contribution in [0.4, 0.5) is 0 Å². The summed E-state index contributed by atoms with van der Waals surface area (Å²) in [5.74, 6) is 1.36. The number of nitrogens with zero attached hydrogens (tertiary/aromatic N) is 2. The predicted molar refractivity (Wildman–Crippen MR) is 169 cm³/mol. The van der Waals surface area contributed by atoms with Crippen LogP contribution in [0.5, 0.6) is 5.75 Å². The minimum atomic E-state index is -0.360. The third-order valence-electron chi connectivity index (χ3n) is 7.92. The Morgan fingerprint density at radius 1 is 0.951 bits per heavy atom. The first-order valence-electron chi connectivity index (χ1n) is 15.1. The number of hydrogen-bond donors (Lipinski definition) is 1. The second-order valence-corrected chi connectivity index (χ2v) is 11.6. The number of rotatable bonds is 15. The second kappa shape index (κ2) is 16.5. The SMILES string of the molecule is CCCCCCC[C@H](O)c1cccc(CN2CCC(COc3cccc(/C(=N\OC)c4ccc(Cl)cc4)c3)CC2)c1. The van der Waals surface area contributed by atoms with Gasteiger partial charge in [0, 0.05) is 22.7 Å². The normalized spacial score (nSPS) is 15.6. The Balaban J connectivity index is 1.24. The molecule has 41 heavy (non-hydrogen) atoms. The van der Waals surface area contributed by atoms with E-state index in [1.807, 2.05) is 48.5 Å². The molecule has 0 amide bonds. The molecule has 0 saturated carbocycles. The maximum atomic E-state index is 10.7. The van der Waals surface area contributed by atoms with E-state index in [9.17, 15) is 5.11 Å². The molecular weight excluding hydrogens is 532 g/mol. The Hall–Kier alpha value is -2.86. The van der Waals surface area contributed by atoms with Crippen molar-refractivity contribution in [1.29, 1.82) is 0 Å². The summed E-state index contributed by atoms with van der Waals surface area (Å²) >= 11 is 6.07. The molecule has 1 aliphatic rings. The topological polar surface area (TPSA) is 54.3 Å². The highest BCUT2D eigenvalue weighted by Gasteiger charge is 2.20. The van der Waals surface area contributed by atoms with Gasteiger partial charge in [0.25, 0.3) is 0 Å². The molecule has 1 heterocycles. The number of halogens is 1. The molecule has 1 atom stereocenters. The first kappa shape index (κ1) is 31.1. The molecule has 6 heteroatoms. The van der Waals surface area contributed by atoms with E-state index in [0.717, 1.165) is 73.5 Å².